The quantitative estimate of drug-likeness (QED) is 0.566. The van der Waals surface area contributed by atoms with E-state index in [2.05, 4.69) is 16.0 Å². The molecule has 1 aliphatic rings. The Morgan fingerprint density at radius 3 is 2.12 bits per heavy atom. The van der Waals surface area contributed by atoms with E-state index in [0.717, 1.165) is 29.9 Å². The van der Waals surface area contributed by atoms with Crippen molar-refractivity contribution in [1.82, 2.24) is 9.29 Å². The molecule has 0 aliphatic carbocycles. The normalized spacial score (nSPS) is 14.3. The number of methoxy groups -OCH3 is 3. The van der Waals surface area contributed by atoms with E-state index in [1.54, 1.807) is 33.5 Å². The summed E-state index contributed by atoms with van der Waals surface area (Å²) < 4.78 is 43.3. The van der Waals surface area contributed by atoms with Crippen LogP contribution in [-0.4, -0.2) is 65.2 Å². The molecule has 1 aromatic heterocycles. The van der Waals surface area contributed by atoms with Crippen molar-refractivity contribution in [3.63, 3.8) is 0 Å². The summed E-state index contributed by atoms with van der Waals surface area (Å²) in [5.74, 6) is 2.81. The number of ether oxygens (including phenoxy) is 3. The highest BCUT2D eigenvalue weighted by Crippen LogP contribution is 2.41. The minimum absolute atomic E-state index is 0.214. The van der Waals surface area contributed by atoms with E-state index in [9.17, 15) is 8.42 Å². The third-order valence-electron chi connectivity index (χ3n) is 5.63. The van der Waals surface area contributed by atoms with Crippen LogP contribution in [0, 0.1) is 0 Å². The number of benzene rings is 1. The van der Waals surface area contributed by atoms with Crippen molar-refractivity contribution in [2.24, 2.45) is 0 Å². The van der Waals surface area contributed by atoms with Crippen LogP contribution >= 0.6 is 0 Å². The van der Waals surface area contributed by atoms with Gasteiger partial charge in [0.1, 0.15) is 28.0 Å². The lowest BCUT2D eigenvalue weighted by Crippen LogP contribution is -2.31. The Balaban J connectivity index is 1.82. The largest absolute Gasteiger partial charge is 0.496 e. The van der Waals surface area contributed by atoms with Crippen LogP contribution in [0.2, 0.25) is 0 Å². The molecule has 0 radical (unpaired) electrons. The molecular weight excluding hydrogens is 430 g/mol. The highest BCUT2D eigenvalue weighted by Gasteiger charge is 2.24. The molecule has 1 aromatic carbocycles. The summed E-state index contributed by atoms with van der Waals surface area (Å²) in [7, 11) is 1.36. The average molecular weight is 462 g/mol. The smallest absolute Gasteiger partial charge is 0.244 e. The van der Waals surface area contributed by atoms with Crippen LogP contribution in [0.3, 0.4) is 0 Å². The summed E-state index contributed by atoms with van der Waals surface area (Å²) >= 11 is 0. The van der Waals surface area contributed by atoms with Gasteiger partial charge in [0.15, 0.2) is 0 Å². The molecule has 2 aromatic rings. The van der Waals surface area contributed by atoms with Crippen molar-refractivity contribution in [3.8, 4) is 17.2 Å². The Bertz CT molecular complexity index is 1040. The zero-order valence-corrected chi connectivity index (χ0v) is 20.1. The number of rotatable bonds is 9. The van der Waals surface area contributed by atoms with Crippen LogP contribution in [0.25, 0.3) is 5.57 Å². The van der Waals surface area contributed by atoms with Gasteiger partial charge in [-0.1, -0.05) is 19.9 Å². The Labute approximate surface area is 190 Å². The maximum absolute atomic E-state index is 12.7. The number of hydrogen-bond donors (Lipinski definition) is 0. The van der Waals surface area contributed by atoms with Crippen LogP contribution in [-0.2, 0) is 10.0 Å². The molecule has 3 rings (SSSR count). The van der Waals surface area contributed by atoms with Gasteiger partial charge in [0.2, 0.25) is 10.0 Å². The van der Waals surface area contributed by atoms with Gasteiger partial charge in [0.05, 0.1) is 26.9 Å². The Kier molecular flexibility index (Phi) is 7.63. The van der Waals surface area contributed by atoms with E-state index >= 15 is 0 Å². The molecule has 0 atom stereocenters. The first-order chi connectivity index (χ1) is 15.4. The number of aromatic nitrogens is 1. The van der Waals surface area contributed by atoms with Crippen LogP contribution in [0.4, 0.5) is 5.82 Å². The lowest BCUT2D eigenvalue weighted by Gasteiger charge is -2.29. The van der Waals surface area contributed by atoms with Crippen molar-refractivity contribution >= 4 is 21.4 Å². The zero-order valence-electron chi connectivity index (χ0n) is 19.3. The second kappa shape index (κ2) is 10.2. The van der Waals surface area contributed by atoms with E-state index in [0.29, 0.717) is 36.9 Å². The van der Waals surface area contributed by atoms with Crippen LogP contribution in [0.1, 0.15) is 25.8 Å². The highest BCUT2D eigenvalue weighted by molar-refractivity contribution is 7.89. The molecule has 8 nitrogen and oxygen atoms in total. The molecule has 0 saturated carbocycles. The fourth-order valence-corrected chi connectivity index (χ4v) is 5.26. The number of nitrogens with zero attached hydrogens (tertiary/aromatic N) is 3. The molecule has 174 valence electrons. The lowest BCUT2D eigenvalue weighted by molar-refractivity contribution is 0.373. The topological polar surface area (TPSA) is 81.2 Å². The molecule has 0 bridgehead atoms. The van der Waals surface area contributed by atoms with Gasteiger partial charge in [-0.15, -0.1) is 0 Å². The standard InChI is InChI=1S/C23H31N3O5S/c1-6-26(7-2)32(27,28)19-8-9-22(24-16-19)25-12-10-17(11-13-25)23-20(30-4)14-18(29-3)15-21(23)31-5/h8-10,14-16H,6-7,11-13H2,1-5H3. The minimum atomic E-state index is -3.51. The summed E-state index contributed by atoms with van der Waals surface area (Å²) in [5.41, 5.74) is 2.04. The summed E-state index contributed by atoms with van der Waals surface area (Å²) in [5, 5.41) is 0. The number of hydrogen-bond acceptors (Lipinski definition) is 7. The molecule has 0 fully saturated rings. The van der Waals surface area contributed by atoms with Gasteiger partial charge < -0.3 is 19.1 Å². The number of anilines is 1. The monoisotopic (exact) mass is 461 g/mol. The predicted octanol–water partition coefficient (Wildman–Crippen LogP) is 3.43. The fourth-order valence-electron chi connectivity index (χ4n) is 3.85. The number of sulfonamides is 1. The van der Waals surface area contributed by atoms with Gasteiger partial charge in [-0.2, -0.15) is 4.31 Å². The average Bonchev–Trinajstić information content (AvgIpc) is 2.83. The van der Waals surface area contributed by atoms with Crippen LogP contribution in [0.5, 0.6) is 17.2 Å². The van der Waals surface area contributed by atoms with E-state index < -0.39 is 10.0 Å². The first-order valence-corrected chi connectivity index (χ1v) is 12.0. The van der Waals surface area contributed by atoms with Crippen molar-refractivity contribution in [3.05, 3.63) is 42.1 Å². The Hall–Kier alpha value is -2.78. The summed E-state index contributed by atoms with van der Waals surface area (Å²) in [6.45, 7) is 5.89. The van der Waals surface area contributed by atoms with Gasteiger partial charge in [0.25, 0.3) is 0 Å². The summed E-state index contributed by atoms with van der Waals surface area (Å²) in [6.07, 6.45) is 4.33. The minimum Gasteiger partial charge on any atom is -0.496 e. The summed E-state index contributed by atoms with van der Waals surface area (Å²) in [6, 6.07) is 7.10. The van der Waals surface area contributed by atoms with E-state index in [4.69, 9.17) is 14.2 Å². The van der Waals surface area contributed by atoms with E-state index in [-0.39, 0.29) is 4.90 Å². The molecule has 1 aliphatic heterocycles. The van der Waals surface area contributed by atoms with Crippen LogP contribution < -0.4 is 19.1 Å². The molecule has 32 heavy (non-hydrogen) atoms. The van der Waals surface area contributed by atoms with Crippen LogP contribution in [0.15, 0.2) is 41.4 Å². The lowest BCUT2D eigenvalue weighted by atomic mass is 9.97. The number of pyridine rings is 1. The third kappa shape index (κ3) is 4.68. The van der Waals surface area contributed by atoms with Gasteiger partial charge >= 0.3 is 0 Å². The molecule has 2 heterocycles. The zero-order chi connectivity index (χ0) is 23.3. The van der Waals surface area contributed by atoms with Gasteiger partial charge in [-0.25, -0.2) is 13.4 Å². The maximum Gasteiger partial charge on any atom is 0.244 e. The Morgan fingerprint density at radius 1 is 1.03 bits per heavy atom. The molecule has 9 heteroatoms. The molecule has 0 amide bonds. The summed E-state index contributed by atoms with van der Waals surface area (Å²) in [4.78, 5) is 6.76. The maximum atomic E-state index is 12.7. The predicted molar refractivity (Wildman–Crippen MR) is 125 cm³/mol. The SMILES string of the molecule is CCN(CC)S(=O)(=O)c1ccc(N2CC=C(c3c(OC)cc(OC)cc3OC)CC2)nc1. The highest BCUT2D eigenvalue weighted by atomic mass is 32.2. The Morgan fingerprint density at radius 2 is 1.69 bits per heavy atom. The molecule has 0 unspecified atom stereocenters. The van der Waals surface area contributed by atoms with Gasteiger partial charge in [-0.05, 0) is 24.1 Å². The molecule has 0 N–H and O–H groups in total. The molecule has 0 spiro atoms. The molecular formula is C23H31N3O5S. The van der Waals surface area contributed by atoms with Crippen molar-refractivity contribution < 1.29 is 22.6 Å². The second-order valence-electron chi connectivity index (χ2n) is 7.27. The van der Waals surface area contributed by atoms with Gasteiger partial charge in [0, 0.05) is 44.5 Å². The first-order valence-electron chi connectivity index (χ1n) is 10.6. The van der Waals surface area contributed by atoms with Gasteiger partial charge in [-0.3, -0.25) is 0 Å². The second-order valence-corrected chi connectivity index (χ2v) is 9.21. The van der Waals surface area contributed by atoms with Crippen molar-refractivity contribution in [2.75, 3.05) is 52.4 Å². The first kappa shape index (κ1) is 23.9. The molecule has 0 saturated heterocycles. The van der Waals surface area contributed by atoms with E-state index in [1.807, 2.05) is 26.0 Å². The van der Waals surface area contributed by atoms with Crippen molar-refractivity contribution in [2.45, 2.75) is 25.2 Å². The fraction of sp³-hybridized carbons (Fsp3) is 0.435. The third-order valence-corrected chi connectivity index (χ3v) is 7.67. The van der Waals surface area contributed by atoms with E-state index in [1.165, 1.54) is 10.5 Å². The van der Waals surface area contributed by atoms with Crippen molar-refractivity contribution in [1.29, 1.82) is 0 Å².